The Morgan fingerprint density at radius 2 is 1.94 bits per heavy atom. The van der Waals surface area contributed by atoms with Crippen LogP contribution in [0.1, 0.15) is 42.0 Å². The molecule has 18 heavy (non-hydrogen) atoms. The number of fused-ring (bicyclic) bond motifs is 1. The van der Waals surface area contributed by atoms with Crippen LogP contribution in [0, 0.1) is 20.8 Å². The van der Waals surface area contributed by atoms with E-state index in [2.05, 4.69) is 13.5 Å². The predicted molar refractivity (Wildman–Crippen MR) is 74.5 cm³/mol. The van der Waals surface area contributed by atoms with E-state index in [0.717, 1.165) is 47.3 Å². The fourth-order valence-electron chi connectivity index (χ4n) is 2.74. The zero-order valence-corrected chi connectivity index (χ0v) is 11.8. The molecule has 0 radical (unpaired) electrons. The standard InChI is InChI=1S/C16H22O2/c1-6-8-16(5)9-7-13-12(4)14(17)10(2)11(3)15(13)18-16/h6,17H,1,7-9H2,2-5H3. The van der Waals surface area contributed by atoms with Gasteiger partial charge in [0.2, 0.25) is 0 Å². The molecule has 0 saturated heterocycles. The summed E-state index contributed by atoms with van der Waals surface area (Å²) < 4.78 is 6.22. The minimum atomic E-state index is -0.157. The number of phenolic OH excluding ortho intramolecular Hbond substituents is 1. The van der Waals surface area contributed by atoms with Crippen molar-refractivity contribution >= 4 is 0 Å². The third-order valence-electron chi connectivity index (χ3n) is 4.17. The molecule has 1 aliphatic heterocycles. The number of hydrogen-bond donors (Lipinski definition) is 1. The summed E-state index contributed by atoms with van der Waals surface area (Å²) in [5, 5.41) is 10.1. The van der Waals surface area contributed by atoms with Crippen molar-refractivity contribution < 1.29 is 9.84 Å². The number of rotatable bonds is 2. The molecule has 0 bridgehead atoms. The van der Waals surface area contributed by atoms with E-state index < -0.39 is 0 Å². The molecule has 0 spiro atoms. The topological polar surface area (TPSA) is 29.5 Å². The van der Waals surface area contributed by atoms with E-state index in [0.29, 0.717) is 5.75 Å². The van der Waals surface area contributed by atoms with E-state index in [1.54, 1.807) is 0 Å². The fourth-order valence-corrected chi connectivity index (χ4v) is 2.74. The molecule has 1 atom stereocenters. The molecular weight excluding hydrogens is 224 g/mol. The Labute approximate surface area is 109 Å². The van der Waals surface area contributed by atoms with Crippen molar-refractivity contribution in [2.75, 3.05) is 0 Å². The lowest BCUT2D eigenvalue weighted by molar-refractivity contribution is 0.0668. The number of benzene rings is 1. The summed E-state index contributed by atoms with van der Waals surface area (Å²) >= 11 is 0. The third kappa shape index (κ3) is 1.90. The Hall–Kier alpha value is -1.44. The zero-order valence-electron chi connectivity index (χ0n) is 11.8. The molecule has 98 valence electrons. The van der Waals surface area contributed by atoms with Gasteiger partial charge in [0.15, 0.2) is 0 Å². The maximum atomic E-state index is 10.1. The lowest BCUT2D eigenvalue weighted by atomic mass is 9.85. The predicted octanol–water partition coefficient (Wildman–Crippen LogP) is 3.98. The first-order valence-electron chi connectivity index (χ1n) is 6.51. The number of hydrogen-bond acceptors (Lipinski definition) is 2. The van der Waals surface area contributed by atoms with E-state index in [4.69, 9.17) is 4.74 Å². The Morgan fingerprint density at radius 1 is 1.28 bits per heavy atom. The minimum absolute atomic E-state index is 0.157. The van der Waals surface area contributed by atoms with Gasteiger partial charge in [-0.1, -0.05) is 6.08 Å². The Morgan fingerprint density at radius 3 is 2.56 bits per heavy atom. The summed E-state index contributed by atoms with van der Waals surface area (Å²) in [4.78, 5) is 0. The quantitative estimate of drug-likeness (QED) is 0.800. The van der Waals surface area contributed by atoms with E-state index in [1.807, 2.05) is 26.8 Å². The van der Waals surface area contributed by atoms with Crippen molar-refractivity contribution in [1.82, 2.24) is 0 Å². The van der Waals surface area contributed by atoms with Gasteiger partial charge >= 0.3 is 0 Å². The molecule has 0 saturated carbocycles. The van der Waals surface area contributed by atoms with Crippen molar-refractivity contribution in [3.63, 3.8) is 0 Å². The first-order valence-corrected chi connectivity index (χ1v) is 6.51. The molecule has 1 heterocycles. The van der Waals surface area contributed by atoms with Gasteiger partial charge in [0, 0.05) is 12.0 Å². The SMILES string of the molecule is C=CCC1(C)CCc2c(C)c(O)c(C)c(C)c2O1. The molecule has 2 nitrogen and oxygen atoms in total. The number of ether oxygens (including phenoxy) is 1. The van der Waals surface area contributed by atoms with Crippen molar-refractivity contribution in [3.05, 3.63) is 34.9 Å². The van der Waals surface area contributed by atoms with Gasteiger partial charge in [-0.05, 0) is 57.2 Å². The van der Waals surface area contributed by atoms with Gasteiger partial charge in [-0.3, -0.25) is 0 Å². The maximum absolute atomic E-state index is 10.1. The highest BCUT2D eigenvalue weighted by molar-refractivity contribution is 5.58. The highest BCUT2D eigenvalue weighted by Crippen LogP contribution is 2.43. The summed E-state index contributed by atoms with van der Waals surface area (Å²) in [6.07, 6.45) is 4.69. The van der Waals surface area contributed by atoms with Crippen LogP contribution in [-0.4, -0.2) is 10.7 Å². The van der Waals surface area contributed by atoms with Crippen LogP contribution in [0.4, 0.5) is 0 Å². The average molecular weight is 246 g/mol. The highest BCUT2D eigenvalue weighted by Gasteiger charge is 2.33. The van der Waals surface area contributed by atoms with E-state index in [9.17, 15) is 5.11 Å². The van der Waals surface area contributed by atoms with Crippen LogP contribution in [0.2, 0.25) is 0 Å². The lowest BCUT2D eigenvalue weighted by Gasteiger charge is -2.37. The number of aromatic hydroxyl groups is 1. The van der Waals surface area contributed by atoms with E-state index in [-0.39, 0.29) is 5.60 Å². The van der Waals surface area contributed by atoms with Gasteiger partial charge in [-0.2, -0.15) is 0 Å². The molecule has 1 N–H and O–H groups in total. The second-order valence-corrected chi connectivity index (χ2v) is 5.58. The van der Waals surface area contributed by atoms with Gasteiger partial charge in [0.25, 0.3) is 0 Å². The van der Waals surface area contributed by atoms with Gasteiger partial charge in [0.1, 0.15) is 17.1 Å². The molecule has 2 heteroatoms. The summed E-state index contributed by atoms with van der Waals surface area (Å²) in [6, 6.07) is 0. The van der Waals surface area contributed by atoms with Crippen LogP contribution in [0.3, 0.4) is 0 Å². The van der Waals surface area contributed by atoms with Gasteiger partial charge < -0.3 is 9.84 Å². The Kier molecular flexibility index (Phi) is 3.14. The molecule has 0 fully saturated rings. The van der Waals surface area contributed by atoms with Crippen LogP contribution in [0.25, 0.3) is 0 Å². The Balaban J connectivity index is 2.53. The second kappa shape index (κ2) is 4.34. The van der Waals surface area contributed by atoms with Crippen LogP contribution >= 0.6 is 0 Å². The molecule has 1 unspecified atom stereocenters. The van der Waals surface area contributed by atoms with E-state index in [1.165, 1.54) is 0 Å². The highest BCUT2D eigenvalue weighted by atomic mass is 16.5. The van der Waals surface area contributed by atoms with Gasteiger partial charge in [0.05, 0.1) is 0 Å². The van der Waals surface area contributed by atoms with Crippen molar-refractivity contribution in [2.24, 2.45) is 0 Å². The Bertz CT molecular complexity index is 503. The van der Waals surface area contributed by atoms with Crippen molar-refractivity contribution in [2.45, 2.75) is 52.6 Å². The van der Waals surface area contributed by atoms with Crippen LogP contribution in [0.15, 0.2) is 12.7 Å². The summed E-state index contributed by atoms with van der Waals surface area (Å²) in [5.74, 6) is 1.39. The minimum Gasteiger partial charge on any atom is -0.507 e. The summed E-state index contributed by atoms with van der Waals surface area (Å²) in [5.41, 5.74) is 3.96. The summed E-state index contributed by atoms with van der Waals surface area (Å²) in [7, 11) is 0. The molecule has 1 aromatic carbocycles. The normalized spacial score (nSPS) is 22.2. The molecular formula is C16H22O2. The fraction of sp³-hybridized carbons (Fsp3) is 0.500. The first-order chi connectivity index (χ1) is 8.39. The molecule has 1 aromatic rings. The first kappa shape index (κ1) is 13.0. The lowest BCUT2D eigenvalue weighted by Crippen LogP contribution is -2.36. The molecule has 0 aliphatic carbocycles. The largest absolute Gasteiger partial charge is 0.507 e. The number of phenols is 1. The molecule has 0 aromatic heterocycles. The van der Waals surface area contributed by atoms with Crippen molar-refractivity contribution in [1.29, 1.82) is 0 Å². The molecule has 0 amide bonds. The van der Waals surface area contributed by atoms with Crippen LogP contribution in [-0.2, 0) is 6.42 Å². The van der Waals surface area contributed by atoms with Gasteiger partial charge in [-0.25, -0.2) is 0 Å². The van der Waals surface area contributed by atoms with Crippen LogP contribution in [0.5, 0.6) is 11.5 Å². The van der Waals surface area contributed by atoms with Gasteiger partial charge in [-0.15, -0.1) is 6.58 Å². The molecule has 2 rings (SSSR count). The molecule has 1 aliphatic rings. The third-order valence-corrected chi connectivity index (χ3v) is 4.17. The smallest absolute Gasteiger partial charge is 0.127 e. The average Bonchev–Trinajstić information content (AvgIpc) is 2.34. The summed E-state index contributed by atoms with van der Waals surface area (Å²) in [6.45, 7) is 11.9. The van der Waals surface area contributed by atoms with Crippen LogP contribution < -0.4 is 4.74 Å². The second-order valence-electron chi connectivity index (χ2n) is 5.58. The maximum Gasteiger partial charge on any atom is 0.127 e. The van der Waals surface area contributed by atoms with E-state index >= 15 is 0 Å². The van der Waals surface area contributed by atoms with Crippen molar-refractivity contribution in [3.8, 4) is 11.5 Å². The zero-order chi connectivity index (χ0) is 13.5. The monoisotopic (exact) mass is 246 g/mol.